The Morgan fingerprint density at radius 1 is 1.55 bits per heavy atom. The summed E-state index contributed by atoms with van der Waals surface area (Å²) in [5.41, 5.74) is 5.63. The molecular formula is C8H18N2O. The topological polar surface area (TPSA) is 47.3 Å². The number of rotatable bonds is 5. The van der Waals surface area contributed by atoms with Crippen LogP contribution in [-0.2, 0) is 4.74 Å². The molecule has 1 rings (SSSR count). The smallest absolute Gasteiger partial charge is 0.0590 e. The highest BCUT2D eigenvalue weighted by Gasteiger charge is 2.24. The van der Waals surface area contributed by atoms with Gasteiger partial charge in [0.2, 0.25) is 0 Å². The van der Waals surface area contributed by atoms with Crippen LogP contribution in [0.15, 0.2) is 0 Å². The first-order valence-electron chi connectivity index (χ1n) is 4.39. The van der Waals surface area contributed by atoms with E-state index in [0.29, 0.717) is 12.1 Å². The van der Waals surface area contributed by atoms with Crippen molar-refractivity contribution in [1.82, 2.24) is 5.32 Å². The number of nitrogens with one attached hydrogen (secondary N) is 1. The van der Waals surface area contributed by atoms with E-state index >= 15 is 0 Å². The summed E-state index contributed by atoms with van der Waals surface area (Å²) in [7, 11) is 0. The van der Waals surface area contributed by atoms with E-state index in [1.807, 2.05) is 6.92 Å². The highest BCUT2D eigenvalue weighted by molar-refractivity contribution is 4.87. The fraction of sp³-hybridized carbons (Fsp3) is 1.00. The first-order valence-corrected chi connectivity index (χ1v) is 4.39. The van der Waals surface area contributed by atoms with E-state index in [-0.39, 0.29) is 0 Å². The molecule has 0 aromatic heterocycles. The van der Waals surface area contributed by atoms with Crippen molar-refractivity contribution in [1.29, 1.82) is 0 Å². The summed E-state index contributed by atoms with van der Waals surface area (Å²) in [4.78, 5) is 0. The Hall–Kier alpha value is -0.120. The van der Waals surface area contributed by atoms with Crippen molar-refractivity contribution in [2.45, 2.75) is 31.8 Å². The molecule has 0 aliphatic heterocycles. The van der Waals surface area contributed by atoms with Crippen LogP contribution in [0.1, 0.15) is 19.8 Å². The fourth-order valence-electron chi connectivity index (χ4n) is 1.31. The third-order valence-electron chi connectivity index (χ3n) is 2.06. The minimum atomic E-state index is 0.444. The van der Waals surface area contributed by atoms with Gasteiger partial charge in [-0.1, -0.05) is 0 Å². The van der Waals surface area contributed by atoms with E-state index in [4.69, 9.17) is 10.5 Å². The Labute approximate surface area is 68.3 Å². The lowest BCUT2D eigenvalue weighted by Gasteiger charge is -2.33. The molecule has 0 aromatic carbocycles. The molecule has 1 aliphatic carbocycles. The van der Waals surface area contributed by atoms with E-state index < -0.39 is 0 Å². The van der Waals surface area contributed by atoms with Crippen LogP contribution in [0.3, 0.4) is 0 Å². The summed E-state index contributed by atoms with van der Waals surface area (Å²) in [6.07, 6.45) is 2.26. The lowest BCUT2D eigenvalue weighted by molar-refractivity contribution is 0.141. The average molecular weight is 158 g/mol. The summed E-state index contributed by atoms with van der Waals surface area (Å²) in [5.74, 6) is 0. The number of hydrogen-bond donors (Lipinski definition) is 2. The summed E-state index contributed by atoms with van der Waals surface area (Å²) >= 11 is 0. The van der Waals surface area contributed by atoms with E-state index in [9.17, 15) is 0 Å². The Morgan fingerprint density at radius 2 is 2.27 bits per heavy atom. The molecule has 3 N–H and O–H groups in total. The van der Waals surface area contributed by atoms with Gasteiger partial charge in [-0.2, -0.15) is 0 Å². The van der Waals surface area contributed by atoms with Gasteiger partial charge in [0.15, 0.2) is 0 Å². The zero-order valence-corrected chi connectivity index (χ0v) is 7.18. The first kappa shape index (κ1) is 8.97. The molecular weight excluding hydrogens is 140 g/mol. The number of nitrogens with two attached hydrogens (primary N) is 1. The van der Waals surface area contributed by atoms with Crippen molar-refractivity contribution in [2.24, 2.45) is 5.73 Å². The predicted octanol–water partition coefficient (Wildman–Crippen LogP) is 0.102. The second kappa shape index (κ2) is 4.70. The van der Waals surface area contributed by atoms with Crippen molar-refractivity contribution in [3.05, 3.63) is 0 Å². The molecule has 0 atom stereocenters. The van der Waals surface area contributed by atoms with Crippen molar-refractivity contribution < 1.29 is 4.74 Å². The third-order valence-corrected chi connectivity index (χ3v) is 2.06. The second-order valence-electron chi connectivity index (χ2n) is 3.08. The minimum Gasteiger partial charge on any atom is -0.380 e. The van der Waals surface area contributed by atoms with Crippen LogP contribution in [0, 0.1) is 0 Å². The number of ether oxygens (including phenoxy) is 1. The molecule has 0 radical (unpaired) electrons. The molecule has 1 aliphatic rings. The van der Waals surface area contributed by atoms with E-state index in [2.05, 4.69) is 5.32 Å². The fourth-order valence-corrected chi connectivity index (χ4v) is 1.31. The Bertz CT molecular complexity index is 102. The van der Waals surface area contributed by atoms with Crippen molar-refractivity contribution in [3.8, 4) is 0 Å². The maximum absolute atomic E-state index is 5.63. The van der Waals surface area contributed by atoms with Gasteiger partial charge < -0.3 is 15.8 Å². The van der Waals surface area contributed by atoms with Crippen molar-refractivity contribution in [3.63, 3.8) is 0 Å². The monoisotopic (exact) mass is 158 g/mol. The summed E-state index contributed by atoms with van der Waals surface area (Å²) in [5, 5.41) is 3.38. The third kappa shape index (κ3) is 3.18. The van der Waals surface area contributed by atoms with Gasteiger partial charge in [0.05, 0.1) is 6.61 Å². The predicted molar refractivity (Wildman–Crippen MR) is 45.5 cm³/mol. The van der Waals surface area contributed by atoms with Gasteiger partial charge >= 0.3 is 0 Å². The highest BCUT2D eigenvalue weighted by Crippen LogP contribution is 2.16. The SMILES string of the molecule is CCOCCNC1CC(N)C1. The van der Waals surface area contributed by atoms with Gasteiger partial charge in [-0.05, 0) is 19.8 Å². The van der Waals surface area contributed by atoms with Crippen molar-refractivity contribution >= 4 is 0 Å². The molecule has 1 fully saturated rings. The minimum absolute atomic E-state index is 0.444. The summed E-state index contributed by atoms with van der Waals surface area (Å²) in [6.45, 7) is 4.61. The zero-order chi connectivity index (χ0) is 8.10. The molecule has 0 heterocycles. The van der Waals surface area contributed by atoms with E-state index in [0.717, 1.165) is 32.6 Å². The quantitative estimate of drug-likeness (QED) is 0.558. The highest BCUT2D eigenvalue weighted by atomic mass is 16.5. The normalized spacial score (nSPS) is 30.0. The van der Waals surface area contributed by atoms with Crippen molar-refractivity contribution in [2.75, 3.05) is 19.8 Å². The molecule has 0 bridgehead atoms. The molecule has 0 saturated heterocycles. The largest absolute Gasteiger partial charge is 0.380 e. The Kier molecular flexibility index (Phi) is 3.83. The van der Waals surface area contributed by atoms with Crippen LogP contribution >= 0.6 is 0 Å². The molecule has 3 nitrogen and oxygen atoms in total. The molecule has 0 amide bonds. The van der Waals surface area contributed by atoms with E-state index in [1.54, 1.807) is 0 Å². The lowest BCUT2D eigenvalue weighted by atomic mass is 9.88. The van der Waals surface area contributed by atoms with Crippen LogP contribution in [0.25, 0.3) is 0 Å². The van der Waals surface area contributed by atoms with Crippen LogP contribution in [0.2, 0.25) is 0 Å². The first-order chi connectivity index (χ1) is 5.33. The molecule has 0 unspecified atom stereocenters. The molecule has 11 heavy (non-hydrogen) atoms. The molecule has 3 heteroatoms. The van der Waals surface area contributed by atoms with Crippen LogP contribution in [0.5, 0.6) is 0 Å². The summed E-state index contributed by atoms with van der Waals surface area (Å²) < 4.78 is 5.19. The molecule has 66 valence electrons. The molecule has 0 aromatic rings. The lowest BCUT2D eigenvalue weighted by Crippen LogP contribution is -2.49. The van der Waals surface area contributed by atoms with Gasteiger partial charge in [-0.3, -0.25) is 0 Å². The maximum Gasteiger partial charge on any atom is 0.0590 e. The zero-order valence-electron chi connectivity index (χ0n) is 7.18. The van der Waals surface area contributed by atoms with Crippen LogP contribution in [0.4, 0.5) is 0 Å². The Balaban J connectivity index is 1.81. The number of hydrogen-bond acceptors (Lipinski definition) is 3. The average Bonchev–Trinajstić information content (AvgIpc) is 1.94. The van der Waals surface area contributed by atoms with E-state index in [1.165, 1.54) is 0 Å². The maximum atomic E-state index is 5.63. The summed E-state index contributed by atoms with van der Waals surface area (Å²) in [6, 6.07) is 1.10. The van der Waals surface area contributed by atoms with Gasteiger partial charge in [-0.15, -0.1) is 0 Å². The van der Waals surface area contributed by atoms with Gasteiger partial charge in [-0.25, -0.2) is 0 Å². The van der Waals surface area contributed by atoms with Crippen LogP contribution < -0.4 is 11.1 Å². The van der Waals surface area contributed by atoms with Gasteiger partial charge in [0, 0.05) is 25.2 Å². The van der Waals surface area contributed by atoms with Gasteiger partial charge in [0.25, 0.3) is 0 Å². The Morgan fingerprint density at radius 3 is 2.82 bits per heavy atom. The molecule has 1 saturated carbocycles. The molecule has 0 spiro atoms. The standard InChI is InChI=1S/C8H18N2O/c1-2-11-4-3-10-8-5-7(9)6-8/h7-8,10H,2-6,9H2,1H3. The van der Waals surface area contributed by atoms with Crippen LogP contribution in [-0.4, -0.2) is 31.8 Å². The van der Waals surface area contributed by atoms with Gasteiger partial charge in [0.1, 0.15) is 0 Å². The second-order valence-corrected chi connectivity index (χ2v) is 3.08.